The Morgan fingerprint density at radius 3 is 2.47 bits per heavy atom. The fourth-order valence-electron chi connectivity index (χ4n) is 2.04. The lowest BCUT2D eigenvalue weighted by Gasteiger charge is -2.22. The highest BCUT2D eigenvalue weighted by atomic mass is 16.5. The second-order valence-electron chi connectivity index (χ2n) is 4.40. The van der Waals surface area contributed by atoms with E-state index in [0.29, 0.717) is 5.92 Å². The zero-order chi connectivity index (χ0) is 12.8. The SMILES string of the molecule is CCCC(C)C(N)c1cc(OC)ccc1OC. The van der Waals surface area contributed by atoms with Crippen molar-refractivity contribution >= 4 is 0 Å². The summed E-state index contributed by atoms with van der Waals surface area (Å²) in [5.74, 6) is 2.09. The molecule has 1 rings (SSSR count). The summed E-state index contributed by atoms with van der Waals surface area (Å²) in [7, 11) is 3.33. The molecule has 2 unspecified atom stereocenters. The summed E-state index contributed by atoms with van der Waals surface area (Å²) < 4.78 is 10.6. The number of hydrogen-bond donors (Lipinski definition) is 1. The Labute approximate surface area is 104 Å². The molecular formula is C14H23NO2. The average molecular weight is 237 g/mol. The summed E-state index contributed by atoms with van der Waals surface area (Å²) in [5.41, 5.74) is 7.31. The Kier molecular flexibility index (Phi) is 5.29. The predicted molar refractivity (Wildman–Crippen MR) is 70.5 cm³/mol. The first-order valence-electron chi connectivity index (χ1n) is 6.11. The molecule has 96 valence electrons. The topological polar surface area (TPSA) is 44.5 Å². The third kappa shape index (κ3) is 3.37. The normalized spacial score (nSPS) is 14.2. The largest absolute Gasteiger partial charge is 0.497 e. The van der Waals surface area contributed by atoms with Gasteiger partial charge in [0.15, 0.2) is 0 Å². The van der Waals surface area contributed by atoms with Crippen molar-refractivity contribution in [3.8, 4) is 11.5 Å². The minimum Gasteiger partial charge on any atom is -0.497 e. The van der Waals surface area contributed by atoms with E-state index in [9.17, 15) is 0 Å². The van der Waals surface area contributed by atoms with Crippen LogP contribution in [-0.4, -0.2) is 14.2 Å². The smallest absolute Gasteiger partial charge is 0.123 e. The van der Waals surface area contributed by atoms with Crippen molar-refractivity contribution in [2.45, 2.75) is 32.7 Å². The summed E-state index contributed by atoms with van der Waals surface area (Å²) in [6.07, 6.45) is 2.25. The van der Waals surface area contributed by atoms with Gasteiger partial charge in [0.1, 0.15) is 11.5 Å². The monoisotopic (exact) mass is 237 g/mol. The minimum absolute atomic E-state index is 0.0139. The molecule has 3 nitrogen and oxygen atoms in total. The van der Waals surface area contributed by atoms with Gasteiger partial charge in [0.25, 0.3) is 0 Å². The van der Waals surface area contributed by atoms with Gasteiger partial charge in [-0.1, -0.05) is 20.3 Å². The van der Waals surface area contributed by atoms with Crippen molar-refractivity contribution in [2.75, 3.05) is 14.2 Å². The highest BCUT2D eigenvalue weighted by Gasteiger charge is 2.18. The van der Waals surface area contributed by atoms with Crippen LogP contribution in [0.1, 0.15) is 38.3 Å². The zero-order valence-corrected chi connectivity index (χ0v) is 11.2. The quantitative estimate of drug-likeness (QED) is 0.826. The van der Waals surface area contributed by atoms with Gasteiger partial charge in [0, 0.05) is 11.6 Å². The van der Waals surface area contributed by atoms with Crippen molar-refractivity contribution in [3.05, 3.63) is 23.8 Å². The van der Waals surface area contributed by atoms with Crippen LogP contribution in [0.2, 0.25) is 0 Å². The molecule has 0 aliphatic carbocycles. The molecule has 0 amide bonds. The first kappa shape index (κ1) is 13.8. The molecule has 2 atom stereocenters. The number of ether oxygens (including phenoxy) is 2. The molecule has 0 heterocycles. The Morgan fingerprint density at radius 1 is 1.24 bits per heavy atom. The van der Waals surface area contributed by atoms with Crippen molar-refractivity contribution in [1.82, 2.24) is 0 Å². The molecule has 0 spiro atoms. The van der Waals surface area contributed by atoms with Crippen LogP contribution in [0.15, 0.2) is 18.2 Å². The van der Waals surface area contributed by atoms with Crippen molar-refractivity contribution in [2.24, 2.45) is 11.7 Å². The maximum absolute atomic E-state index is 6.29. The second-order valence-corrected chi connectivity index (χ2v) is 4.40. The van der Waals surface area contributed by atoms with Crippen molar-refractivity contribution in [1.29, 1.82) is 0 Å². The lowest BCUT2D eigenvalue weighted by atomic mass is 9.91. The molecular weight excluding hydrogens is 214 g/mol. The maximum Gasteiger partial charge on any atom is 0.123 e. The Balaban J connectivity index is 3.00. The molecule has 0 bridgehead atoms. The minimum atomic E-state index is -0.0139. The molecule has 2 N–H and O–H groups in total. The average Bonchev–Trinajstić information content (AvgIpc) is 2.37. The molecule has 0 saturated carbocycles. The van der Waals surface area contributed by atoms with Crippen LogP contribution in [0.25, 0.3) is 0 Å². The predicted octanol–water partition coefficient (Wildman–Crippen LogP) is 3.14. The summed E-state index contributed by atoms with van der Waals surface area (Å²) in [5, 5.41) is 0. The molecule has 3 heteroatoms. The van der Waals surface area contributed by atoms with Gasteiger partial charge in [-0.3, -0.25) is 0 Å². The second kappa shape index (κ2) is 6.50. The van der Waals surface area contributed by atoms with Gasteiger partial charge in [-0.25, -0.2) is 0 Å². The van der Waals surface area contributed by atoms with E-state index in [-0.39, 0.29) is 6.04 Å². The molecule has 0 aliphatic heterocycles. The highest BCUT2D eigenvalue weighted by Crippen LogP contribution is 2.33. The van der Waals surface area contributed by atoms with Gasteiger partial charge >= 0.3 is 0 Å². The molecule has 1 aromatic rings. The molecule has 0 radical (unpaired) electrons. The Bertz CT molecular complexity index is 352. The summed E-state index contributed by atoms with van der Waals surface area (Å²) in [4.78, 5) is 0. The van der Waals surface area contributed by atoms with Crippen LogP contribution in [0.3, 0.4) is 0 Å². The third-order valence-corrected chi connectivity index (χ3v) is 3.15. The summed E-state index contributed by atoms with van der Waals surface area (Å²) in [6.45, 7) is 4.35. The van der Waals surface area contributed by atoms with E-state index in [1.54, 1.807) is 14.2 Å². The van der Waals surface area contributed by atoms with E-state index in [1.165, 1.54) is 0 Å². The first-order valence-corrected chi connectivity index (χ1v) is 6.11. The zero-order valence-electron chi connectivity index (χ0n) is 11.2. The van der Waals surface area contributed by atoms with Gasteiger partial charge in [-0.15, -0.1) is 0 Å². The van der Waals surface area contributed by atoms with E-state index < -0.39 is 0 Å². The fourth-order valence-corrected chi connectivity index (χ4v) is 2.04. The van der Waals surface area contributed by atoms with Crippen LogP contribution in [0.5, 0.6) is 11.5 Å². The van der Waals surface area contributed by atoms with Crippen LogP contribution >= 0.6 is 0 Å². The van der Waals surface area contributed by atoms with Gasteiger partial charge in [0.05, 0.1) is 14.2 Å². The van der Waals surface area contributed by atoms with Gasteiger partial charge in [0.2, 0.25) is 0 Å². The maximum atomic E-state index is 6.29. The number of hydrogen-bond acceptors (Lipinski definition) is 3. The van der Waals surface area contributed by atoms with Crippen LogP contribution in [-0.2, 0) is 0 Å². The molecule has 0 saturated heterocycles. The van der Waals surface area contributed by atoms with Crippen LogP contribution in [0, 0.1) is 5.92 Å². The molecule has 17 heavy (non-hydrogen) atoms. The standard InChI is InChI=1S/C14H23NO2/c1-5-6-10(2)14(15)12-9-11(16-3)7-8-13(12)17-4/h7-10,14H,5-6,15H2,1-4H3. The highest BCUT2D eigenvalue weighted by molar-refractivity contribution is 5.42. The van der Waals surface area contributed by atoms with Gasteiger partial charge in [-0.05, 0) is 30.5 Å². The fraction of sp³-hybridized carbons (Fsp3) is 0.571. The lowest BCUT2D eigenvalue weighted by Crippen LogP contribution is -2.19. The molecule has 0 aliphatic rings. The number of benzene rings is 1. The van der Waals surface area contributed by atoms with Crippen LogP contribution < -0.4 is 15.2 Å². The molecule has 0 fully saturated rings. The van der Waals surface area contributed by atoms with Gasteiger partial charge in [-0.2, -0.15) is 0 Å². The number of rotatable bonds is 6. The van der Waals surface area contributed by atoms with E-state index in [1.807, 2.05) is 18.2 Å². The molecule has 1 aromatic carbocycles. The van der Waals surface area contributed by atoms with Gasteiger partial charge < -0.3 is 15.2 Å². The summed E-state index contributed by atoms with van der Waals surface area (Å²) in [6, 6.07) is 5.75. The number of methoxy groups -OCH3 is 2. The van der Waals surface area contributed by atoms with Crippen LogP contribution in [0.4, 0.5) is 0 Å². The van der Waals surface area contributed by atoms with E-state index in [4.69, 9.17) is 15.2 Å². The number of nitrogens with two attached hydrogens (primary N) is 1. The van der Waals surface area contributed by atoms with E-state index in [0.717, 1.165) is 29.9 Å². The summed E-state index contributed by atoms with van der Waals surface area (Å²) >= 11 is 0. The van der Waals surface area contributed by atoms with E-state index in [2.05, 4.69) is 13.8 Å². The first-order chi connectivity index (χ1) is 8.13. The molecule has 0 aromatic heterocycles. The Hall–Kier alpha value is -1.22. The third-order valence-electron chi connectivity index (χ3n) is 3.15. The van der Waals surface area contributed by atoms with E-state index >= 15 is 0 Å². The Morgan fingerprint density at radius 2 is 1.94 bits per heavy atom. The lowest BCUT2D eigenvalue weighted by molar-refractivity contribution is 0.376. The van der Waals surface area contributed by atoms with Crippen molar-refractivity contribution in [3.63, 3.8) is 0 Å². The van der Waals surface area contributed by atoms with Crippen molar-refractivity contribution < 1.29 is 9.47 Å².